The quantitative estimate of drug-likeness (QED) is 0.544. The summed E-state index contributed by atoms with van der Waals surface area (Å²) in [7, 11) is 3.21. The van der Waals surface area contributed by atoms with E-state index >= 15 is 0 Å². The van der Waals surface area contributed by atoms with Gasteiger partial charge in [0.25, 0.3) is 0 Å². The number of methoxy groups -OCH3 is 2. The molecular weight excluding hydrogens is 334 g/mol. The molecule has 1 amide bonds. The van der Waals surface area contributed by atoms with Crippen molar-refractivity contribution in [2.24, 2.45) is 0 Å². The zero-order chi connectivity index (χ0) is 18.1. The van der Waals surface area contributed by atoms with E-state index in [0.29, 0.717) is 18.0 Å². The van der Waals surface area contributed by atoms with E-state index in [1.54, 1.807) is 14.2 Å². The summed E-state index contributed by atoms with van der Waals surface area (Å²) in [6.45, 7) is 2.60. The average molecular weight is 359 g/mol. The Morgan fingerprint density at radius 2 is 1.80 bits per heavy atom. The maximum absolute atomic E-state index is 12.2. The zero-order valence-electron chi connectivity index (χ0n) is 15.0. The molecule has 0 aliphatic rings. The van der Waals surface area contributed by atoms with E-state index in [1.807, 2.05) is 43.3 Å². The van der Waals surface area contributed by atoms with Crippen molar-refractivity contribution >= 4 is 17.7 Å². The Labute approximate surface area is 153 Å². The summed E-state index contributed by atoms with van der Waals surface area (Å²) < 4.78 is 10.5. The first-order valence-corrected chi connectivity index (χ1v) is 9.22. The van der Waals surface area contributed by atoms with E-state index in [0.717, 1.165) is 17.7 Å². The molecule has 0 aromatic heterocycles. The second-order valence-corrected chi connectivity index (χ2v) is 7.07. The second-order valence-electron chi connectivity index (χ2n) is 5.66. The van der Waals surface area contributed by atoms with E-state index in [1.165, 1.54) is 17.3 Å². The number of thioether (sulfide) groups is 1. The van der Waals surface area contributed by atoms with E-state index in [9.17, 15) is 4.79 Å². The number of carbonyl (C=O) groups is 1. The van der Waals surface area contributed by atoms with Gasteiger partial charge >= 0.3 is 0 Å². The van der Waals surface area contributed by atoms with Gasteiger partial charge in [0.2, 0.25) is 5.91 Å². The van der Waals surface area contributed by atoms with Crippen LogP contribution in [0.15, 0.2) is 53.4 Å². The number of hydrogen-bond donors (Lipinski definition) is 1. The lowest BCUT2D eigenvalue weighted by Gasteiger charge is -2.14. The molecule has 0 spiro atoms. The van der Waals surface area contributed by atoms with Crippen molar-refractivity contribution in [3.63, 3.8) is 0 Å². The Hall–Kier alpha value is -2.14. The third-order valence-corrected chi connectivity index (χ3v) is 4.92. The fourth-order valence-electron chi connectivity index (χ4n) is 2.44. The molecule has 1 atom stereocenters. The maximum atomic E-state index is 12.2. The van der Waals surface area contributed by atoms with Crippen LogP contribution in [-0.2, 0) is 11.2 Å². The van der Waals surface area contributed by atoms with E-state index in [2.05, 4.69) is 17.4 Å². The van der Waals surface area contributed by atoms with E-state index in [-0.39, 0.29) is 11.2 Å². The van der Waals surface area contributed by atoms with Crippen LogP contribution in [-0.4, -0.2) is 31.9 Å². The molecule has 25 heavy (non-hydrogen) atoms. The Morgan fingerprint density at radius 3 is 2.48 bits per heavy atom. The monoisotopic (exact) mass is 359 g/mol. The number of ether oxygens (including phenoxy) is 2. The van der Waals surface area contributed by atoms with Gasteiger partial charge in [-0.25, -0.2) is 0 Å². The van der Waals surface area contributed by atoms with Crippen molar-refractivity contribution in [1.82, 2.24) is 5.32 Å². The zero-order valence-corrected chi connectivity index (χ0v) is 15.8. The third-order valence-electron chi connectivity index (χ3n) is 3.82. The van der Waals surface area contributed by atoms with Crippen LogP contribution in [0.5, 0.6) is 11.5 Å². The fraction of sp³-hybridized carbons (Fsp3) is 0.350. The standard InChI is InChI=1S/C20H25NO3S/c1-15(25-17-11-12-18(23-2)19(14-17)24-3)20(22)21-13-7-10-16-8-5-4-6-9-16/h4-6,8-9,11-12,14-15H,7,10,13H2,1-3H3,(H,21,22)/t15-/m0/s1. The largest absolute Gasteiger partial charge is 0.493 e. The van der Waals surface area contributed by atoms with Crippen molar-refractivity contribution in [3.05, 3.63) is 54.1 Å². The van der Waals surface area contributed by atoms with Crippen LogP contribution >= 0.6 is 11.8 Å². The molecule has 0 unspecified atom stereocenters. The topological polar surface area (TPSA) is 47.6 Å². The normalized spacial score (nSPS) is 11.6. The minimum atomic E-state index is -0.171. The lowest BCUT2D eigenvalue weighted by molar-refractivity contribution is -0.120. The summed E-state index contributed by atoms with van der Waals surface area (Å²) >= 11 is 1.51. The lowest BCUT2D eigenvalue weighted by atomic mass is 10.1. The number of amides is 1. The number of benzene rings is 2. The fourth-order valence-corrected chi connectivity index (χ4v) is 3.36. The highest BCUT2D eigenvalue weighted by Gasteiger charge is 2.15. The predicted octanol–water partition coefficient (Wildman–Crippen LogP) is 3.93. The van der Waals surface area contributed by atoms with Gasteiger partial charge in [-0.3, -0.25) is 4.79 Å². The number of rotatable bonds is 9. The van der Waals surface area contributed by atoms with Crippen LogP contribution in [0, 0.1) is 0 Å². The first-order valence-electron chi connectivity index (χ1n) is 8.34. The Balaban J connectivity index is 1.78. The molecule has 2 aromatic carbocycles. The minimum absolute atomic E-state index is 0.0489. The average Bonchev–Trinajstić information content (AvgIpc) is 2.65. The highest BCUT2D eigenvalue weighted by Crippen LogP contribution is 2.33. The lowest BCUT2D eigenvalue weighted by Crippen LogP contribution is -2.31. The third kappa shape index (κ3) is 6.02. The summed E-state index contributed by atoms with van der Waals surface area (Å²) in [5, 5.41) is 2.84. The highest BCUT2D eigenvalue weighted by molar-refractivity contribution is 8.00. The number of nitrogens with one attached hydrogen (secondary N) is 1. The molecule has 0 heterocycles. The summed E-state index contributed by atoms with van der Waals surface area (Å²) in [6.07, 6.45) is 1.90. The molecule has 4 nitrogen and oxygen atoms in total. The molecule has 0 aliphatic carbocycles. The molecule has 5 heteroatoms. The molecular formula is C20H25NO3S. The summed E-state index contributed by atoms with van der Waals surface area (Å²) in [4.78, 5) is 13.2. The van der Waals surface area contributed by atoms with Crippen molar-refractivity contribution in [3.8, 4) is 11.5 Å². The van der Waals surface area contributed by atoms with Gasteiger partial charge in [0, 0.05) is 11.4 Å². The minimum Gasteiger partial charge on any atom is -0.493 e. The van der Waals surface area contributed by atoms with Crippen LogP contribution in [0.1, 0.15) is 18.9 Å². The van der Waals surface area contributed by atoms with Gasteiger partial charge in [-0.1, -0.05) is 30.3 Å². The number of hydrogen-bond acceptors (Lipinski definition) is 4. The second kappa shape index (κ2) is 9.99. The van der Waals surface area contributed by atoms with Crippen LogP contribution in [0.3, 0.4) is 0 Å². The molecule has 0 fully saturated rings. The summed E-state index contributed by atoms with van der Waals surface area (Å²) in [5.41, 5.74) is 1.30. The van der Waals surface area contributed by atoms with Gasteiger partial charge in [-0.2, -0.15) is 0 Å². The molecule has 1 N–H and O–H groups in total. The van der Waals surface area contributed by atoms with Crippen molar-refractivity contribution in [2.75, 3.05) is 20.8 Å². The van der Waals surface area contributed by atoms with Crippen molar-refractivity contribution < 1.29 is 14.3 Å². The molecule has 0 bridgehead atoms. The van der Waals surface area contributed by atoms with Gasteiger partial charge in [0.1, 0.15) is 0 Å². The smallest absolute Gasteiger partial charge is 0.233 e. The Bertz CT molecular complexity index is 676. The van der Waals surface area contributed by atoms with Gasteiger partial charge in [0.05, 0.1) is 19.5 Å². The first-order chi connectivity index (χ1) is 12.1. The molecule has 2 aromatic rings. The molecule has 134 valence electrons. The van der Waals surface area contributed by atoms with Crippen LogP contribution in [0.4, 0.5) is 0 Å². The summed E-state index contributed by atoms with van der Waals surface area (Å²) in [6, 6.07) is 16.0. The van der Waals surface area contributed by atoms with Crippen LogP contribution in [0.25, 0.3) is 0 Å². The van der Waals surface area contributed by atoms with E-state index in [4.69, 9.17) is 9.47 Å². The SMILES string of the molecule is COc1ccc(S[C@@H](C)C(=O)NCCCc2ccccc2)cc1OC. The molecule has 0 saturated heterocycles. The molecule has 0 saturated carbocycles. The van der Waals surface area contributed by atoms with Gasteiger partial charge in [-0.15, -0.1) is 11.8 Å². The van der Waals surface area contributed by atoms with Gasteiger partial charge in [-0.05, 0) is 43.5 Å². The molecule has 0 radical (unpaired) electrons. The van der Waals surface area contributed by atoms with Crippen LogP contribution < -0.4 is 14.8 Å². The highest BCUT2D eigenvalue weighted by atomic mass is 32.2. The maximum Gasteiger partial charge on any atom is 0.233 e. The summed E-state index contributed by atoms with van der Waals surface area (Å²) in [5.74, 6) is 1.40. The molecule has 0 aliphatic heterocycles. The first kappa shape index (κ1) is 19.2. The number of aryl methyl sites for hydroxylation is 1. The van der Waals surface area contributed by atoms with Crippen molar-refractivity contribution in [2.45, 2.75) is 29.9 Å². The Kier molecular flexibility index (Phi) is 7.67. The van der Waals surface area contributed by atoms with E-state index < -0.39 is 0 Å². The number of carbonyl (C=O) groups excluding carboxylic acids is 1. The van der Waals surface area contributed by atoms with Crippen LogP contribution in [0.2, 0.25) is 0 Å². The van der Waals surface area contributed by atoms with Gasteiger partial charge in [0.15, 0.2) is 11.5 Å². The Morgan fingerprint density at radius 1 is 1.08 bits per heavy atom. The predicted molar refractivity (Wildman–Crippen MR) is 103 cm³/mol. The van der Waals surface area contributed by atoms with Gasteiger partial charge < -0.3 is 14.8 Å². The molecule has 2 rings (SSSR count). The van der Waals surface area contributed by atoms with Crippen molar-refractivity contribution in [1.29, 1.82) is 0 Å².